The zero-order valence-corrected chi connectivity index (χ0v) is 12.1. The van der Waals surface area contributed by atoms with Gasteiger partial charge in [-0.05, 0) is 24.6 Å². The van der Waals surface area contributed by atoms with Crippen LogP contribution in [0.1, 0.15) is 35.8 Å². The van der Waals surface area contributed by atoms with Gasteiger partial charge in [-0.2, -0.15) is 0 Å². The Kier molecular flexibility index (Phi) is 4.72. The molecule has 2 aromatic rings. The molecule has 2 rings (SSSR count). The van der Waals surface area contributed by atoms with Crippen molar-refractivity contribution in [3.8, 4) is 0 Å². The zero-order chi connectivity index (χ0) is 15.2. The standard InChI is InChI=1S/C17H18N2O2/c1-12(14-8-4-3-5-9-14)18-17(21)15-10-6-7-11-16(15)19-13(2)20/h3-12H,1-2H3,(H,18,21)(H,19,20). The normalized spacial score (nSPS) is 11.5. The summed E-state index contributed by atoms with van der Waals surface area (Å²) in [7, 11) is 0. The molecule has 2 N–H and O–H groups in total. The summed E-state index contributed by atoms with van der Waals surface area (Å²) in [5.41, 5.74) is 2.00. The van der Waals surface area contributed by atoms with Crippen LogP contribution in [0.2, 0.25) is 0 Å². The highest BCUT2D eigenvalue weighted by atomic mass is 16.2. The van der Waals surface area contributed by atoms with E-state index in [2.05, 4.69) is 10.6 Å². The minimum absolute atomic E-state index is 0.107. The molecule has 0 fully saturated rings. The van der Waals surface area contributed by atoms with Crippen LogP contribution in [-0.4, -0.2) is 11.8 Å². The molecule has 0 heterocycles. The van der Waals surface area contributed by atoms with Crippen molar-refractivity contribution < 1.29 is 9.59 Å². The second-order valence-electron chi connectivity index (χ2n) is 4.83. The van der Waals surface area contributed by atoms with Crippen molar-refractivity contribution in [3.05, 3.63) is 65.7 Å². The van der Waals surface area contributed by atoms with Crippen LogP contribution in [0.4, 0.5) is 5.69 Å². The van der Waals surface area contributed by atoms with Crippen molar-refractivity contribution in [1.82, 2.24) is 5.32 Å². The minimum Gasteiger partial charge on any atom is -0.345 e. The number of hydrogen-bond acceptors (Lipinski definition) is 2. The van der Waals surface area contributed by atoms with Gasteiger partial charge in [-0.15, -0.1) is 0 Å². The first-order chi connectivity index (χ1) is 10.1. The fourth-order valence-corrected chi connectivity index (χ4v) is 2.08. The Bertz CT molecular complexity index is 638. The number of carbonyl (C=O) groups excluding carboxylic acids is 2. The minimum atomic E-state index is -0.212. The molecule has 0 aliphatic carbocycles. The second kappa shape index (κ2) is 6.70. The Hall–Kier alpha value is -2.62. The summed E-state index contributed by atoms with van der Waals surface area (Å²) in [6.45, 7) is 3.34. The fourth-order valence-electron chi connectivity index (χ4n) is 2.08. The lowest BCUT2D eigenvalue weighted by Crippen LogP contribution is -2.27. The van der Waals surface area contributed by atoms with Gasteiger partial charge in [-0.3, -0.25) is 9.59 Å². The molecule has 0 saturated heterocycles. The molecule has 0 aliphatic heterocycles. The first-order valence-corrected chi connectivity index (χ1v) is 6.80. The van der Waals surface area contributed by atoms with Gasteiger partial charge in [-0.1, -0.05) is 42.5 Å². The molecule has 4 heteroatoms. The smallest absolute Gasteiger partial charge is 0.253 e. The van der Waals surface area contributed by atoms with Crippen LogP contribution >= 0.6 is 0 Å². The summed E-state index contributed by atoms with van der Waals surface area (Å²) in [5, 5.41) is 5.60. The molecule has 4 nitrogen and oxygen atoms in total. The monoisotopic (exact) mass is 282 g/mol. The zero-order valence-electron chi connectivity index (χ0n) is 12.1. The van der Waals surface area contributed by atoms with Crippen molar-refractivity contribution in [1.29, 1.82) is 0 Å². The van der Waals surface area contributed by atoms with Crippen LogP contribution in [0.3, 0.4) is 0 Å². The predicted molar refractivity (Wildman–Crippen MR) is 83.1 cm³/mol. The second-order valence-corrected chi connectivity index (χ2v) is 4.83. The molecule has 108 valence electrons. The first-order valence-electron chi connectivity index (χ1n) is 6.80. The molecule has 2 aromatic carbocycles. The highest BCUT2D eigenvalue weighted by Gasteiger charge is 2.14. The summed E-state index contributed by atoms with van der Waals surface area (Å²) in [6, 6.07) is 16.6. The molecule has 0 spiro atoms. The van der Waals surface area contributed by atoms with Crippen LogP contribution in [0.5, 0.6) is 0 Å². The van der Waals surface area contributed by atoms with E-state index < -0.39 is 0 Å². The Balaban J connectivity index is 2.15. The number of rotatable bonds is 4. The third-order valence-electron chi connectivity index (χ3n) is 3.13. The van der Waals surface area contributed by atoms with E-state index in [-0.39, 0.29) is 17.9 Å². The lowest BCUT2D eigenvalue weighted by molar-refractivity contribution is -0.114. The Labute approximate surface area is 124 Å². The molecule has 2 amide bonds. The fraction of sp³-hybridized carbons (Fsp3) is 0.176. The van der Waals surface area contributed by atoms with Crippen LogP contribution < -0.4 is 10.6 Å². The quantitative estimate of drug-likeness (QED) is 0.905. The maximum absolute atomic E-state index is 12.4. The van der Waals surface area contributed by atoms with E-state index in [1.807, 2.05) is 37.3 Å². The van der Waals surface area contributed by atoms with Crippen LogP contribution in [-0.2, 0) is 4.79 Å². The third kappa shape index (κ3) is 3.92. The van der Waals surface area contributed by atoms with E-state index >= 15 is 0 Å². The van der Waals surface area contributed by atoms with Gasteiger partial charge in [0.05, 0.1) is 17.3 Å². The lowest BCUT2D eigenvalue weighted by atomic mass is 10.1. The number of benzene rings is 2. The van der Waals surface area contributed by atoms with Crippen molar-refractivity contribution in [2.75, 3.05) is 5.32 Å². The van der Waals surface area contributed by atoms with Crippen LogP contribution in [0.15, 0.2) is 54.6 Å². The van der Waals surface area contributed by atoms with Crippen LogP contribution in [0, 0.1) is 0 Å². The molecule has 0 aliphatic rings. The molecular formula is C17H18N2O2. The van der Waals surface area contributed by atoms with Gasteiger partial charge >= 0.3 is 0 Å². The number of para-hydroxylation sites is 1. The van der Waals surface area contributed by atoms with Crippen molar-refractivity contribution in [3.63, 3.8) is 0 Å². The molecule has 0 aromatic heterocycles. The molecule has 0 radical (unpaired) electrons. The number of nitrogens with one attached hydrogen (secondary N) is 2. The lowest BCUT2D eigenvalue weighted by Gasteiger charge is -2.16. The van der Waals surface area contributed by atoms with E-state index in [0.29, 0.717) is 11.3 Å². The van der Waals surface area contributed by atoms with E-state index in [4.69, 9.17) is 0 Å². The Morgan fingerprint density at radius 1 is 0.952 bits per heavy atom. The van der Waals surface area contributed by atoms with Gasteiger partial charge < -0.3 is 10.6 Å². The summed E-state index contributed by atoms with van der Waals surface area (Å²) >= 11 is 0. The number of anilines is 1. The predicted octanol–water partition coefficient (Wildman–Crippen LogP) is 3.14. The van der Waals surface area contributed by atoms with Gasteiger partial charge in [0.15, 0.2) is 0 Å². The molecule has 0 saturated carbocycles. The van der Waals surface area contributed by atoms with Gasteiger partial charge in [-0.25, -0.2) is 0 Å². The molecular weight excluding hydrogens is 264 g/mol. The summed E-state index contributed by atoms with van der Waals surface area (Å²) < 4.78 is 0. The Morgan fingerprint density at radius 3 is 2.24 bits per heavy atom. The number of amides is 2. The number of hydrogen-bond donors (Lipinski definition) is 2. The molecule has 1 unspecified atom stereocenters. The molecule has 1 atom stereocenters. The first kappa shape index (κ1) is 14.8. The van der Waals surface area contributed by atoms with E-state index in [0.717, 1.165) is 5.56 Å². The summed E-state index contributed by atoms with van der Waals surface area (Å²) in [5.74, 6) is -0.415. The van der Waals surface area contributed by atoms with Gasteiger partial charge in [0, 0.05) is 6.92 Å². The third-order valence-corrected chi connectivity index (χ3v) is 3.13. The highest BCUT2D eigenvalue weighted by Crippen LogP contribution is 2.17. The van der Waals surface area contributed by atoms with Crippen molar-refractivity contribution in [2.24, 2.45) is 0 Å². The van der Waals surface area contributed by atoms with Gasteiger partial charge in [0.2, 0.25) is 5.91 Å². The summed E-state index contributed by atoms with van der Waals surface area (Å²) in [4.78, 5) is 23.6. The van der Waals surface area contributed by atoms with Gasteiger partial charge in [0.1, 0.15) is 0 Å². The summed E-state index contributed by atoms with van der Waals surface area (Å²) in [6.07, 6.45) is 0. The van der Waals surface area contributed by atoms with Gasteiger partial charge in [0.25, 0.3) is 5.91 Å². The molecule has 21 heavy (non-hydrogen) atoms. The van der Waals surface area contributed by atoms with Crippen LogP contribution in [0.25, 0.3) is 0 Å². The van der Waals surface area contributed by atoms with E-state index in [9.17, 15) is 9.59 Å². The number of carbonyl (C=O) groups is 2. The van der Waals surface area contributed by atoms with Crippen molar-refractivity contribution >= 4 is 17.5 Å². The van der Waals surface area contributed by atoms with Crippen molar-refractivity contribution in [2.45, 2.75) is 19.9 Å². The van der Waals surface area contributed by atoms with E-state index in [1.54, 1.807) is 24.3 Å². The van der Waals surface area contributed by atoms with E-state index in [1.165, 1.54) is 6.92 Å². The highest BCUT2D eigenvalue weighted by molar-refractivity contribution is 6.03. The molecule has 0 bridgehead atoms. The Morgan fingerprint density at radius 2 is 1.57 bits per heavy atom. The largest absolute Gasteiger partial charge is 0.345 e. The average molecular weight is 282 g/mol. The SMILES string of the molecule is CC(=O)Nc1ccccc1C(=O)NC(C)c1ccccc1. The topological polar surface area (TPSA) is 58.2 Å². The maximum Gasteiger partial charge on any atom is 0.253 e. The average Bonchev–Trinajstić information content (AvgIpc) is 2.48. The maximum atomic E-state index is 12.4.